The molecular weight excluding hydrogens is 300 g/mol. The molecule has 0 saturated heterocycles. The molecule has 0 saturated carbocycles. The van der Waals surface area contributed by atoms with Gasteiger partial charge in [0.15, 0.2) is 12.4 Å². The van der Waals surface area contributed by atoms with E-state index in [4.69, 9.17) is 10.5 Å². The second kappa shape index (κ2) is 13.5. The molecule has 1 heterocycles. The van der Waals surface area contributed by atoms with Gasteiger partial charge < -0.3 is 22.9 Å². The lowest BCUT2D eigenvalue weighted by atomic mass is 10.1. The first-order valence-corrected chi connectivity index (χ1v) is 8.10. The summed E-state index contributed by atoms with van der Waals surface area (Å²) in [6.45, 7) is 3.48. The minimum absolute atomic E-state index is 0. The Morgan fingerprint density at radius 3 is 2.41 bits per heavy atom. The maximum Gasteiger partial charge on any atom is 0.254 e. The summed E-state index contributed by atoms with van der Waals surface area (Å²) in [5.74, 6) is -0.410. The van der Waals surface area contributed by atoms with E-state index >= 15 is 0 Å². The highest BCUT2D eigenvalue weighted by Crippen LogP contribution is 2.08. The highest BCUT2D eigenvalue weighted by atomic mass is 35.5. The zero-order valence-corrected chi connectivity index (χ0v) is 14.4. The standard InChI is InChI=1S/C17H28N2O2.ClH/c1-2-3-4-5-6-7-8-9-13-21-15-19-12-10-11-16(14-19)17(18)20;/h10-12,14H,2-9,13,15H2,1H3,(H-,18,20);1H. The van der Waals surface area contributed by atoms with Crippen LogP contribution in [0.1, 0.15) is 68.6 Å². The Morgan fingerprint density at radius 2 is 1.77 bits per heavy atom. The van der Waals surface area contributed by atoms with Crippen molar-refractivity contribution in [2.24, 2.45) is 5.73 Å². The Morgan fingerprint density at radius 1 is 1.14 bits per heavy atom. The number of rotatable bonds is 12. The van der Waals surface area contributed by atoms with E-state index in [1.807, 2.05) is 10.8 Å². The molecule has 1 aromatic rings. The van der Waals surface area contributed by atoms with Crippen molar-refractivity contribution in [3.05, 3.63) is 30.1 Å². The molecule has 0 unspecified atom stereocenters. The van der Waals surface area contributed by atoms with Crippen molar-refractivity contribution in [3.63, 3.8) is 0 Å². The number of hydrogen-bond donors (Lipinski definition) is 1. The first kappa shape index (κ1) is 20.9. The van der Waals surface area contributed by atoms with Crippen LogP contribution in [0.4, 0.5) is 0 Å². The number of pyridine rings is 1. The summed E-state index contributed by atoms with van der Waals surface area (Å²) in [5, 5.41) is 0. The summed E-state index contributed by atoms with van der Waals surface area (Å²) in [6, 6.07) is 3.51. The van der Waals surface area contributed by atoms with E-state index in [9.17, 15) is 4.79 Å². The third-order valence-corrected chi connectivity index (χ3v) is 3.53. The van der Waals surface area contributed by atoms with E-state index in [2.05, 4.69) is 6.92 Å². The summed E-state index contributed by atoms with van der Waals surface area (Å²) in [4.78, 5) is 11.1. The number of nitrogens with zero attached hydrogens (tertiary/aromatic N) is 1. The predicted molar refractivity (Wildman–Crippen MR) is 83.7 cm³/mol. The first-order valence-electron chi connectivity index (χ1n) is 8.10. The molecule has 2 N–H and O–H groups in total. The minimum atomic E-state index is -0.410. The largest absolute Gasteiger partial charge is 1.00 e. The Balaban J connectivity index is 0.00000441. The van der Waals surface area contributed by atoms with Crippen LogP contribution in [0.15, 0.2) is 24.5 Å². The topological polar surface area (TPSA) is 56.2 Å². The zero-order chi connectivity index (χ0) is 15.3. The molecule has 126 valence electrons. The molecule has 1 amide bonds. The molecule has 0 fully saturated rings. The molecule has 1 aromatic heterocycles. The number of carbonyl (C=O) groups excluding carboxylic acids is 1. The molecule has 0 radical (unpaired) electrons. The second-order valence-electron chi connectivity index (χ2n) is 5.48. The van der Waals surface area contributed by atoms with Gasteiger partial charge in [-0.25, -0.2) is 0 Å². The third-order valence-electron chi connectivity index (χ3n) is 3.53. The second-order valence-corrected chi connectivity index (χ2v) is 5.48. The lowest BCUT2D eigenvalue weighted by Gasteiger charge is -2.03. The summed E-state index contributed by atoms with van der Waals surface area (Å²) >= 11 is 0. The van der Waals surface area contributed by atoms with Crippen LogP contribution in [0.3, 0.4) is 0 Å². The quantitative estimate of drug-likeness (QED) is 0.440. The molecular formula is C17H29ClN2O2. The van der Waals surface area contributed by atoms with Crippen molar-refractivity contribution < 1.29 is 26.5 Å². The normalized spacial score (nSPS) is 10.2. The fourth-order valence-corrected chi connectivity index (χ4v) is 2.26. The molecule has 1 rings (SSSR count). The summed E-state index contributed by atoms with van der Waals surface area (Å²) in [7, 11) is 0. The predicted octanol–water partition coefficient (Wildman–Crippen LogP) is 0.192. The minimum Gasteiger partial charge on any atom is -1.00 e. The lowest BCUT2D eigenvalue weighted by Crippen LogP contribution is -3.00. The van der Waals surface area contributed by atoms with Gasteiger partial charge in [-0.15, -0.1) is 0 Å². The highest BCUT2D eigenvalue weighted by molar-refractivity contribution is 5.92. The monoisotopic (exact) mass is 328 g/mol. The molecule has 0 aromatic carbocycles. The number of unbranched alkanes of at least 4 members (excludes halogenated alkanes) is 7. The molecule has 0 atom stereocenters. The van der Waals surface area contributed by atoms with E-state index in [0.717, 1.165) is 13.0 Å². The molecule has 5 heteroatoms. The maximum atomic E-state index is 11.1. The van der Waals surface area contributed by atoms with Crippen molar-refractivity contribution in [2.75, 3.05) is 6.61 Å². The molecule has 4 nitrogen and oxygen atoms in total. The fourth-order valence-electron chi connectivity index (χ4n) is 2.26. The summed E-state index contributed by atoms with van der Waals surface area (Å²) < 4.78 is 7.45. The van der Waals surface area contributed by atoms with Gasteiger partial charge in [0, 0.05) is 6.07 Å². The van der Waals surface area contributed by atoms with Gasteiger partial charge in [-0.1, -0.05) is 51.9 Å². The Labute approximate surface area is 140 Å². The van der Waals surface area contributed by atoms with Gasteiger partial charge in [0.25, 0.3) is 12.6 Å². The Kier molecular flexibility index (Phi) is 12.8. The van der Waals surface area contributed by atoms with Crippen molar-refractivity contribution in [1.82, 2.24) is 0 Å². The highest BCUT2D eigenvalue weighted by Gasteiger charge is 2.06. The van der Waals surface area contributed by atoms with Gasteiger partial charge in [-0.2, -0.15) is 4.57 Å². The number of aromatic nitrogens is 1. The summed E-state index contributed by atoms with van der Waals surface area (Å²) in [5.41, 5.74) is 5.75. The van der Waals surface area contributed by atoms with Gasteiger partial charge in [-0.05, 0) is 12.5 Å². The van der Waals surface area contributed by atoms with Crippen LogP contribution < -0.4 is 22.7 Å². The van der Waals surface area contributed by atoms with E-state index in [-0.39, 0.29) is 12.4 Å². The van der Waals surface area contributed by atoms with Crippen molar-refractivity contribution >= 4 is 5.91 Å². The first-order chi connectivity index (χ1) is 10.2. The SMILES string of the molecule is CCCCCCCCCCOC[n+]1cccc(C(N)=O)c1.[Cl-]. The van der Waals surface area contributed by atoms with Crippen LogP contribution in [0.2, 0.25) is 0 Å². The lowest BCUT2D eigenvalue weighted by molar-refractivity contribution is -0.732. The average Bonchev–Trinajstić information content (AvgIpc) is 2.49. The van der Waals surface area contributed by atoms with Crippen molar-refractivity contribution in [2.45, 2.75) is 65.0 Å². The fraction of sp³-hybridized carbons (Fsp3) is 0.647. The zero-order valence-electron chi connectivity index (χ0n) is 13.6. The van der Waals surface area contributed by atoms with Crippen molar-refractivity contribution in [3.8, 4) is 0 Å². The molecule has 0 spiro atoms. The van der Waals surface area contributed by atoms with Crippen LogP contribution in [0.25, 0.3) is 0 Å². The number of primary amides is 1. The molecule has 0 aliphatic heterocycles. The average molecular weight is 329 g/mol. The van der Waals surface area contributed by atoms with Crippen LogP contribution in [-0.2, 0) is 11.5 Å². The van der Waals surface area contributed by atoms with Gasteiger partial charge in [0.2, 0.25) is 0 Å². The van der Waals surface area contributed by atoms with Crippen LogP contribution >= 0.6 is 0 Å². The molecule has 0 bridgehead atoms. The Hall–Kier alpha value is -1.13. The van der Waals surface area contributed by atoms with E-state index < -0.39 is 5.91 Å². The maximum absolute atomic E-state index is 11.1. The van der Waals surface area contributed by atoms with E-state index in [0.29, 0.717) is 12.3 Å². The number of hydrogen-bond acceptors (Lipinski definition) is 2. The number of nitrogens with two attached hydrogens (primary N) is 1. The van der Waals surface area contributed by atoms with E-state index in [1.165, 1.54) is 44.9 Å². The number of carbonyl (C=O) groups is 1. The van der Waals surface area contributed by atoms with Crippen molar-refractivity contribution in [1.29, 1.82) is 0 Å². The molecule has 0 aliphatic carbocycles. The van der Waals surface area contributed by atoms with Gasteiger partial charge >= 0.3 is 0 Å². The van der Waals surface area contributed by atoms with Crippen LogP contribution in [0.5, 0.6) is 0 Å². The summed E-state index contributed by atoms with van der Waals surface area (Å²) in [6.07, 6.45) is 14.0. The van der Waals surface area contributed by atoms with Gasteiger partial charge in [0.1, 0.15) is 5.56 Å². The number of halogens is 1. The molecule has 22 heavy (non-hydrogen) atoms. The van der Waals surface area contributed by atoms with E-state index in [1.54, 1.807) is 18.3 Å². The van der Waals surface area contributed by atoms with Crippen LogP contribution in [-0.4, -0.2) is 12.5 Å². The number of amides is 1. The Bertz CT molecular complexity index is 413. The molecule has 0 aliphatic rings. The smallest absolute Gasteiger partial charge is 0.254 e. The van der Waals surface area contributed by atoms with Gasteiger partial charge in [0.05, 0.1) is 6.61 Å². The number of ether oxygens (including phenoxy) is 1. The van der Waals surface area contributed by atoms with Crippen LogP contribution in [0, 0.1) is 0 Å². The third kappa shape index (κ3) is 9.74. The van der Waals surface area contributed by atoms with Gasteiger partial charge in [-0.3, -0.25) is 4.79 Å².